The quantitative estimate of drug-likeness (QED) is 0.662. The van der Waals surface area contributed by atoms with Gasteiger partial charge in [0.1, 0.15) is 11.6 Å². The molecule has 2 aromatic rings. The van der Waals surface area contributed by atoms with Crippen molar-refractivity contribution in [3.63, 3.8) is 0 Å². The van der Waals surface area contributed by atoms with Crippen molar-refractivity contribution in [3.8, 4) is 0 Å². The Balaban J connectivity index is 1.77. The Hall–Kier alpha value is -2.12. The van der Waals surface area contributed by atoms with E-state index < -0.39 is 0 Å². The van der Waals surface area contributed by atoms with Crippen molar-refractivity contribution < 1.29 is 13.9 Å². The van der Waals surface area contributed by atoms with Gasteiger partial charge in [-0.25, -0.2) is 9.97 Å². The zero-order valence-corrected chi connectivity index (χ0v) is 17.5. The van der Waals surface area contributed by atoms with Gasteiger partial charge in [0.15, 0.2) is 5.89 Å². The van der Waals surface area contributed by atoms with Crippen LogP contribution in [0.25, 0.3) is 0 Å². The first-order chi connectivity index (χ1) is 13.6. The molecular weight excluding hydrogens is 356 g/mol. The molecule has 0 saturated carbocycles. The molecule has 0 aromatic carbocycles. The minimum Gasteiger partial charge on any atom is -0.445 e. The zero-order chi connectivity index (χ0) is 19.9. The van der Waals surface area contributed by atoms with Crippen LogP contribution in [0.2, 0.25) is 0 Å². The van der Waals surface area contributed by atoms with E-state index >= 15 is 0 Å². The number of morpholine rings is 1. The Labute approximate surface area is 167 Å². The molecule has 0 bridgehead atoms. The van der Waals surface area contributed by atoms with Crippen LogP contribution in [0.5, 0.6) is 0 Å². The van der Waals surface area contributed by atoms with Gasteiger partial charge in [-0.3, -0.25) is 0 Å². The summed E-state index contributed by atoms with van der Waals surface area (Å²) in [5, 5.41) is 3.37. The number of nitrogens with one attached hydrogen (secondary N) is 1. The second-order valence-electron chi connectivity index (χ2n) is 7.21. The van der Waals surface area contributed by atoms with Crippen LogP contribution >= 0.6 is 0 Å². The van der Waals surface area contributed by atoms with Gasteiger partial charge in [0.05, 0.1) is 25.5 Å². The summed E-state index contributed by atoms with van der Waals surface area (Å²) in [7, 11) is 1.70. The number of rotatable bonds is 9. The number of aryl methyl sites for hydroxylation is 4. The highest BCUT2D eigenvalue weighted by Crippen LogP contribution is 2.24. The number of hydrogen-bond donors (Lipinski definition) is 1. The Kier molecular flexibility index (Phi) is 7.28. The molecule has 0 spiro atoms. The summed E-state index contributed by atoms with van der Waals surface area (Å²) in [6.45, 7) is 10.0. The second kappa shape index (κ2) is 9.89. The smallest absolute Gasteiger partial charge is 0.195 e. The van der Waals surface area contributed by atoms with Crippen LogP contribution in [0, 0.1) is 6.92 Å². The lowest BCUT2D eigenvalue weighted by Crippen LogP contribution is -2.43. The van der Waals surface area contributed by atoms with Gasteiger partial charge in [0.2, 0.25) is 0 Å². The number of oxazole rings is 1. The van der Waals surface area contributed by atoms with E-state index in [1.165, 1.54) is 5.69 Å². The van der Waals surface area contributed by atoms with E-state index in [1.54, 1.807) is 7.11 Å². The molecule has 0 aliphatic carbocycles. The maximum atomic E-state index is 5.86. The van der Waals surface area contributed by atoms with E-state index in [4.69, 9.17) is 18.9 Å². The van der Waals surface area contributed by atoms with E-state index in [1.807, 2.05) is 6.92 Å². The van der Waals surface area contributed by atoms with Gasteiger partial charge in [-0.15, -0.1) is 0 Å². The number of hydrogen-bond acceptors (Lipinski definition) is 7. The fourth-order valence-electron chi connectivity index (χ4n) is 3.51. The number of pyridine rings is 1. The Bertz CT molecular complexity index is 762. The van der Waals surface area contributed by atoms with Gasteiger partial charge in [-0.05, 0) is 26.3 Å². The molecule has 1 saturated heterocycles. The maximum absolute atomic E-state index is 5.86. The molecular formula is C21H32N4O3. The number of methoxy groups -OCH3 is 1. The largest absolute Gasteiger partial charge is 0.445 e. The Morgan fingerprint density at radius 1 is 1.29 bits per heavy atom. The highest BCUT2D eigenvalue weighted by molar-refractivity contribution is 5.56. The lowest BCUT2D eigenvalue weighted by Gasteiger charge is -2.35. The van der Waals surface area contributed by atoms with Crippen LogP contribution in [-0.4, -0.2) is 56.0 Å². The molecule has 154 valence electrons. The van der Waals surface area contributed by atoms with Crippen molar-refractivity contribution in [2.45, 2.75) is 46.1 Å². The fourth-order valence-corrected chi connectivity index (χ4v) is 3.51. The van der Waals surface area contributed by atoms with Gasteiger partial charge in [-0.2, -0.15) is 0 Å². The van der Waals surface area contributed by atoms with Crippen molar-refractivity contribution in [2.75, 3.05) is 50.2 Å². The van der Waals surface area contributed by atoms with Crippen molar-refractivity contribution in [1.29, 1.82) is 0 Å². The first-order valence-corrected chi connectivity index (χ1v) is 10.1. The van der Waals surface area contributed by atoms with Crippen LogP contribution in [0.15, 0.2) is 16.5 Å². The molecule has 3 rings (SSSR count). The summed E-state index contributed by atoms with van der Waals surface area (Å²) in [4.78, 5) is 11.7. The maximum Gasteiger partial charge on any atom is 0.195 e. The molecule has 1 aliphatic rings. The minimum atomic E-state index is 0.345. The molecule has 7 heteroatoms. The molecule has 1 atom stereocenters. The molecule has 1 fully saturated rings. The van der Waals surface area contributed by atoms with Crippen LogP contribution in [0.4, 0.5) is 11.5 Å². The molecule has 28 heavy (non-hydrogen) atoms. The van der Waals surface area contributed by atoms with E-state index in [0.29, 0.717) is 12.6 Å². The van der Waals surface area contributed by atoms with E-state index in [9.17, 15) is 0 Å². The van der Waals surface area contributed by atoms with E-state index in [0.717, 1.165) is 74.4 Å². The molecule has 1 unspecified atom stereocenters. The third kappa shape index (κ3) is 5.23. The molecule has 0 radical (unpaired) electrons. The van der Waals surface area contributed by atoms with Gasteiger partial charge >= 0.3 is 0 Å². The van der Waals surface area contributed by atoms with E-state index in [2.05, 4.69) is 41.2 Å². The molecule has 1 aliphatic heterocycles. The first-order valence-electron chi connectivity index (χ1n) is 10.1. The summed E-state index contributed by atoms with van der Waals surface area (Å²) in [5.41, 5.74) is 3.20. The summed E-state index contributed by atoms with van der Waals surface area (Å²) in [5.74, 6) is 2.64. The van der Waals surface area contributed by atoms with Gasteiger partial charge in [-0.1, -0.05) is 6.92 Å². The molecule has 0 amide bonds. The number of aromatic nitrogens is 2. The number of nitrogens with zero attached hydrogens (tertiary/aromatic N) is 3. The van der Waals surface area contributed by atoms with Crippen molar-refractivity contribution in [3.05, 3.63) is 35.2 Å². The van der Waals surface area contributed by atoms with Crippen molar-refractivity contribution in [2.24, 2.45) is 0 Å². The average molecular weight is 389 g/mol. The zero-order valence-electron chi connectivity index (χ0n) is 17.5. The average Bonchev–Trinajstić information content (AvgIpc) is 3.06. The van der Waals surface area contributed by atoms with Crippen LogP contribution in [0.1, 0.15) is 36.9 Å². The van der Waals surface area contributed by atoms with Crippen LogP contribution < -0.4 is 10.2 Å². The monoisotopic (exact) mass is 388 g/mol. The van der Waals surface area contributed by atoms with Crippen molar-refractivity contribution >= 4 is 11.5 Å². The Morgan fingerprint density at radius 2 is 2.14 bits per heavy atom. The van der Waals surface area contributed by atoms with Crippen LogP contribution in [-0.2, 0) is 28.7 Å². The topological polar surface area (TPSA) is 72.7 Å². The van der Waals surface area contributed by atoms with Gasteiger partial charge in [0, 0.05) is 56.5 Å². The predicted molar refractivity (Wildman–Crippen MR) is 110 cm³/mol. The minimum absolute atomic E-state index is 0.345. The molecule has 3 heterocycles. The fraction of sp³-hybridized carbons (Fsp3) is 0.619. The van der Waals surface area contributed by atoms with Gasteiger partial charge in [0.25, 0.3) is 0 Å². The molecule has 1 N–H and O–H groups in total. The van der Waals surface area contributed by atoms with Gasteiger partial charge < -0.3 is 24.1 Å². The van der Waals surface area contributed by atoms with Crippen molar-refractivity contribution in [1.82, 2.24) is 9.97 Å². The first kappa shape index (κ1) is 20.6. The third-order valence-corrected chi connectivity index (χ3v) is 5.03. The number of anilines is 2. The highest BCUT2D eigenvalue weighted by Gasteiger charge is 2.20. The lowest BCUT2D eigenvalue weighted by molar-refractivity contribution is 0.0989. The van der Waals surface area contributed by atoms with Crippen LogP contribution in [0.3, 0.4) is 0 Å². The standard InChI is InChI=1S/C21H32N4O3/c1-5-19-16(3)23-21(28-19)7-6-17-12-18(25-9-11-27-14-15(25)2)13-20(24-17)22-8-10-26-4/h12-13,15H,5-11,14H2,1-4H3,(H,22,24). The van der Waals surface area contributed by atoms with E-state index in [-0.39, 0.29) is 0 Å². The second-order valence-corrected chi connectivity index (χ2v) is 7.21. The highest BCUT2D eigenvalue weighted by atomic mass is 16.5. The molecule has 7 nitrogen and oxygen atoms in total. The lowest BCUT2D eigenvalue weighted by atomic mass is 10.1. The summed E-state index contributed by atoms with van der Waals surface area (Å²) in [6.07, 6.45) is 2.40. The third-order valence-electron chi connectivity index (χ3n) is 5.03. The molecule has 2 aromatic heterocycles. The summed E-state index contributed by atoms with van der Waals surface area (Å²) in [6, 6.07) is 4.64. The predicted octanol–water partition coefficient (Wildman–Crippen LogP) is 3.01. The Morgan fingerprint density at radius 3 is 2.86 bits per heavy atom. The summed E-state index contributed by atoms with van der Waals surface area (Å²) >= 11 is 0. The SMILES string of the molecule is CCc1oc(CCc2cc(N3CCOCC3C)cc(NCCOC)n2)nc1C. The number of ether oxygens (including phenoxy) is 2. The normalized spacial score (nSPS) is 17.1. The summed E-state index contributed by atoms with van der Waals surface area (Å²) < 4.78 is 16.6.